The Bertz CT molecular complexity index is 1300. The molecule has 2 aliphatic heterocycles. The zero-order chi connectivity index (χ0) is 23.5. The first kappa shape index (κ1) is 20.6. The van der Waals surface area contributed by atoms with Gasteiger partial charge in [-0.15, -0.1) is 0 Å². The normalized spacial score (nSPS) is 38.8. The van der Waals surface area contributed by atoms with Gasteiger partial charge >= 0.3 is 0 Å². The van der Waals surface area contributed by atoms with Gasteiger partial charge in [0.15, 0.2) is 0 Å². The van der Waals surface area contributed by atoms with E-state index < -0.39 is 0 Å². The van der Waals surface area contributed by atoms with Crippen LogP contribution in [-0.2, 0) is 11.8 Å². The standard InChI is InChI=1S/C29H33N3O3/c33-20-6-5-18-12-24-28-8-7-23-25(29(28,22(18)13-20)9-11-31(24)15-17-3-4-17)19(14-28)16-32(23)27(35)21-2-1-10-30-26(21)34/h1-2,5-6,10,13,17,19,23-25,33H,3-4,7-9,11-12,14-16H2,(H,30,34)/t19-,23-,24-,25-,28-,29+/m1/s1. The lowest BCUT2D eigenvalue weighted by Crippen LogP contribution is -2.70. The van der Waals surface area contributed by atoms with Gasteiger partial charge in [-0.05, 0) is 110 Å². The van der Waals surface area contributed by atoms with E-state index >= 15 is 0 Å². The Hall–Kier alpha value is -2.60. The molecule has 1 amide bonds. The van der Waals surface area contributed by atoms with Crippen LogP contribution in [0.2, 0.25) is 0 Å². The molecule has 1 aromatic carbocycles. The van der Waals surface area contributed by atoms with Crippen LogP contribution in [0.4, 0.5) is 0 Å². The van der Waals surface area contributed by atoms with Crippen molar-refractivity contribution in [3.8, 4) is 5.75 Å². The summed E-state index contributed by atoms with van der Waals surface area (Å²) in [5.41, 5.74) is 3.03. The van der Waals surface area contributed by atoms with E-state index in [1.54, 1.807) is 18.3 Å². The summed E-state index contributed by atoms with van der Waals surface area (Å²) >= 11 is 0. The lowest BCUT2D eigenvalue weighted by Gasteiger charge is -2.66. The summed E-state index contributed by atoms with van der Waals surface area (Å²) in [6.07, 6.45) is 9.91. The Morgan fingerprint density at radius 3 is 2.89 bits per heavy atom. The number of benzene rings is 1. The highest BCUT2D eigenvalue weighted by Crippen LogP contribution is 2.75. The Balaban J connectivity index is 1.25. The summed E-state index contributed by atoms with van der Waals surface area (Å²) in [4.78, 5) is 33.7. The average Bonchev–Trinajstić information content (AvgIpc) is 3.54. The second kappa shape index (κ2) is 6.78. The van der Waals surface area contributed by atoms with Crippen molar-refractivity contribution >= 4 is 5.91 Å². The molecule has 3 saturated carbocycles. The number of pyridine rings is 1. The number of aromatic hydroxyl groups is 1. The van der Waals surface area contributed by atoms with E-state index in [1.807, 2.05) is 6.07 Å². The van der Waals surface area contributed by atoms with E-state index in [0.29, 0.717) is 23.6 Å². The number of hydrogen-bond donors (Lipinski definition) is 2. The van der Waals surface area contributed by atoms with Gasteiger partial charge < -0.3 is 15.0 Å². The molecule has 6 atom stereocenters. The number of nitrogens with one attached hydrogen (secondary N) is 1. The number of phenolic OH excluding ortho intramolecular Hbond substituents is 1. The van der Waals surface area contributed by atoms with E-state index in [2.05, 4.69) is 26.9 Å². The van der Waals surface area contributed by atoms with Crippen molar-refractivity contribution in [1.82, 2.24) is 14.8 Å². The third-order valence-electron chi connectivity index (χ3n) is 11.1. The molecule has 3 heterocycles. The highest BCUT2D eigenvalue weighted by atomic mass is 16.3. The second-order valence-electron chi connectivity index (χ2n) is 12.3. The van der Waals surface area contributed by atoms with Crippen LogP contribution in [0.1, 0.15) is 60.0 Å². The molecule has 0 radical (unpaired) electrons. The van der Waals surface area contributed by atoms with Gasteiger partial charge in [-0.1, -0.05) is 6.07 Å². The summed E-state index contributed by atoms with van der Waals surface area (Å²) in [6, 6.07) is 10.3. The van der Waals surface area contributed by atoms with Crippen molar-refractivity contribution in [2.75, 3.05) is 19.6 Å². The average molecular weight is 472 g/mol. The zero-order valence-electron chi connectivity index (χ0n) is 20.1. The number of likely N-dealkylation sites (tertiary alicyclic amines) is 2. The number of hydrogen-bond acceptors (Lipinski definition) is 4. The molecule has 5 fully saturated rings. The predicted octanol–water partition coefficient (Wildman–Crippen LogP) is 3.30. The number of H-pyrrole nitrogens is 1. The molecule has 182 valence electrons. The fraction of sp³-hybridized carbons (Fsp3) is 0.586. The molecule has 4 bridgehead atoms. The molecule has 4 aliphatic carbocycles. The molecule has 0 spiro atoms. The van der Waals surface area contributed by atoms with Gasteiger partial charge in [0.05, 0.1) is 0 Å². The molecule has 2 aromatic rings. The number of piperidine rings is 1. The van der Waals surface area contributed by atoms with Crippen LogP contribution in [0.15, 0.2) is 41.3 Å². The summed E-state index contributed by atoms with van der Waals surface area (Å²) in [5, 5.41) is 10.6. The summed E-state index contributed by atoms with van der Waals surface area (Å²) in [7, 11) is 0. The summed E-state index contributed by atoms with van der Waals surface area (Å²) in [5.74, 6) is 2.02. The molecule has 2 saturated heterocycles. The Labute approximate surface area is 205 Å². The van der Waals surface area contributed by atoms with Crippen molar-refractivity contribution in [2.24, 2.45) is 23.2 Å². The number of rotatable bonds is 3. The lowest BCUT2D eigenvalue weighted by atomic mass is 9.43. The molecule has 6 heteroatoms. The highest BCUT2D eigenvalue weighted by Gasteiger charge is 2.76. The van der Waals surface area contributed by atoms with Crippen LogP contribution < -0.4 is 5.56 Å². The molecule has 1 aromatic heterocycles. The molecule has 0 unspecified atom stereocenters. The van der Waals surface area contributed by atoms with E-state index in [1.165, 1.54) is 36.9 Å². The third kappa shape index (κ3) is 2.49. The lowest BCUT2D eigenvalue weighted by molar-refractivity contribution is -0.102. The van der Waals surface area contributed by atoms with Crippen LogP contribution >= 0.6 is 0 Å². The van der Waals surface area contributed by atoms with E-state index in [4.69, 9.17) is 0 Å². The first-order chi connectivity index (χ1) is 17.0. The van der Waals surface area contributed by atoms with Crippen molar-refractivity contribution < 1.29 is 9.90 Å². The fourth-order valence-corrected chi connectivity index (χ4v) is 9.92. The van der Waals surface area contributed by atoms with Crippen LogP contribution in [0.3, 0.4) is 0 Å². The van der Waals surface area contributed by atoms with E-state index in [-0.39, 0.29) is 33.9 Å². The number of carbonyl (C=O) groups excluding carboxylic acids is 1. The number of carbonyl (C=O) groups is 1. The SMILES string of the molecule is O=C(c1ccc[nH]c1=O)N1C[C@H]2C[C@@]34CC[C@@H]1[C@@H]2[C@@]31CCN(CC2CC2)[C@@H]4Cc2ccc(O)cc21. The molecule has 6 nitrogen and oxygen atoms in total. The van der Waals surface area contributed by atoms with Crippen molar-refractivity contribution in [3.63, 3.8) is 0 Å². The van der Waals surface area contributed by atoms with Gasteiger partial charge in [-0.3, -0.25) is 14.5 Å². The minimum atomic E-state index is -0.292. The number of fused-ring (bicyclic) bond motifs is 1. The van der Waals surface area contributed by atoms with Crippen LogP contribution in [0.25, 0.3) is 0 Å². The number of amides is 1. The molecule has 8 rings (SSSR count). The van der Waals surface area contributed by atoms with Gasteiger partial charge in [0.1, 0.15) is 11.3 Å². The topological polar surface area (TPSA) is 76.6 Å². The molecule has 6 aliphatic rings. The van der Waals surface area contributed by atoms with Gasteiger partial charge in [0, 0.05) is 36.8 Å². The van der Waals surface area contributed by atoms with Gasteiger partial charge in [0.2, 0.25) is 0 Å². The van der Waals surface area contributed by atoms with E-state index in [0.717, 1.165) is 44.7 Å². The third-order valence-corrected chi connectivity index (χ3v) is 11.1. The number of aromatic nitrogens is 1. The van der Waals surface area contributed by atoms with Gasteiger partial charge in [-0.2, -0.15) is 0 Å². The van der Waals surface area contributed by atoms with Gasteiger partial charge in [0.25, 0.3) is 11.5 Å². The maximum absolute atomic E-state index is 13.7. The van der Waals surface area contributed by atoms with Crippen molar-refractivity contribution in [3.05, 3.63) is 63.6 Å². The number of nitrogens with zero attached hydrogens (tertiary/aromatic N) is 2. The fourth-order valence-electron chi connectivity index (χ4n) is 9.92. The minimum Gasteiger partial charge on any atom is -0.508 e. The Kier molecular flexibility index (Phi) is 3.99. The monoisotopic (exact) mass is 471 g/mol. The van der Waals surface area contributed by atoms with E-state index in [9.17, 15) is 14.7 Å². The van der Waals surface area contributed by atoms with Crippen LogP contribution in [-0.4, -0.2) is 57.5 Å². The number of aromatic amines is 1. The quantitative estimate of drug-likeness (QED) is 0.720. The predicted molar refractivity (Wildman–Crippen MR) is 131 cm³/mol. The minimum absolute atomic E-state index is 0.0236. The van der Waals surface area contributed by atoms with Gasteiger partial charge in [-0.25, -0.2) is 0 Å². The molecular formula is C29H33N3O3. The largest absolute Gasteiger partial charge is 0.508 e. The molecule has 2 N–H and O–H groups in total. The smallest absolute Gasteiger partial charge is 0.260 e. The van der Waals surface area contributed by atoms with Crippen LogP contribution in [0.5, 0.6) is 5.75 Å². The highest BCUT2D eigenvalue weighted by molar-refractivity contribution is 5.94. The van der Waals surface area contributed by atoms with Crippen molar-refractivity contribution in [1.29, 1.82) is 0 Å². The second-order valence-corrected chi connectivity index (χ2v) is 12.3. The maximum Gasteiger partial charge on any atom is 0.260 e. The molecular weight excluding hydrogens is 438 g/mol. The Morgan fingerprint density at radius 1 is 1.17 bits per heavy atom. The summed E-state index contributed by atoms with van der Waals surface area (Å²) < 4.78 is 0. The number of phenols is 1. The molecule has 35 heavy (non-hydrogen) atoms. The first-order valence-corrected chi connectivity index (χ1v) is 13.6. The first-order valence-electron chi connectivity index (χ1n) is 13.6. The van der Waals surface area contributed by atoms with Crippen LogP contribution in [0, 0.1) is 23.2 Å². The summed E-state index contributed by atoms with van der Waals surface area (Å²) in [6.45, 7) is 3.13. The zero-order valence-corrected chi connectivity index (χ0v) is 20.1. The maximum atomic E-state index is 13.7. The van der Waals surface area contributed by atoms with Crippen molar-refractivity contribution in [2.45, 2.75) is 62.4 Å². The Morgan fingerprint density at radius 2 is 2.06 bits per heavy atom.